The first-order valence-corrected chi connectivity index (χ1v) is 6.66. The molecule has 1 fully saturated rings. The Labute approximate surface area is 130 Å². The van der Waals surface area contributed by atoms with Crippen molar-refractivity contribution in [3.8, 4) is 11.3 Å². The van der Waals surface area contributed by atoms with Crippen LogP contribution in [0.3, 0.4) is 0 Å². The number of urea groups is 1. The zero-order chi connectivity index (χ0) is 16.6. The lowest BCUT2D eigenvalue weighted by atomic mass is 10.1. The lowest BCUT2D eigenvalue weighted by molar-refractivity contribution is -0.129. The topological polar surface area (TPSA) is 79.6 Å². The summed E-state index contributed by atoms with van der Waals surface area (Å²) in [6.07, 6.45) is 1.26. The second kappa shape index (κ2) is 5.53. The van der Waals surface area contributed by atoms with Gasteiger partial charge in [-0.15, -0.1) is 0 Å². The summed E-state index contributed by atoms with van der Waals surface area (Å²) >= 11 is 0. The number of nitrogens with zero attached hydrogens (tertiary/aromatic N) is 1. The molecule has 116 valence electrons. The lowest BCUT2D eigenvalue weighted by Gasteiger charge is -2.21. The van der Waals surface area contributed by atoms with Crippen molar-refractivity contribution in [1.82, 2.24) is 10.2 Å². The van der Waals surface area contributed by atoms with Crippen molar-refractivity contribution in [3.05, 3.63) is 53.5 Å². The predicted octanol–water partition coefficient (Wildman–Crippen LogP) is 2.18. The van der Waals surface area contributed by atoms with Crippen molar-refractivity contribution >= 4 is 23.9 Å². The Balaban J connectivity index is 1.91. The molecule has 3 rings (SSSR count). The molecule has 0 bridgehead atoms. The summed E-state index contributed by atoms with van der Waals surface area (Å²) in [6.45, 7) is 0. The standard InChI is InChI=1S/C16H11FN2O4/c1-19-15(21)12(14(20)18-16(19)22)8-11-6-7-13(23-11)9-2-4-10(17)5-3-9/h2-8H,1H3,(H,18,20,22)/b12-8-. The summed E-state index contributed by atoms with van der Waals surface area (Å²) < 4.78 is 18.5. The van der Waals surface area contributed by atoms with E-state index in [0.717, 1.165) is 4.90 Å². The Bertz CT molecular complexity index is 836. The molecule has 4 amide bonds. The number of carbonyl (C=O) groups is 3. The van der Waals surface area contributed by atoms with E-state index in [-0.39, 0.29) is 17.2 Å². The Morgan fingerprint density at radius 1 is 1.09 bits per heavy atom. The first kappa shape index (κ1) is 14.7. The third-order valence-corrected chi connectivity index (χ3v) is 3.35. The Kier molecular flexibility index (Phi) is 3.53. The SMILES string of the molecule is CN1C(=O)NC(=O)/C(=C/c2ccc(-c3ccc(F)cc3)o2)C1=O. The van der Waals surface area contributed by atoms with Gasteiger partial charge < -0.3 is 4.42 Å². The van der Waals surface area contributed by atoms with E-state index in [1.807, 2.05) is 0 Å². The first-order chi connectivity index (χ1) is 11.0. The molecule has 23 heavy (non-hydrogen) atoms. The molecule has 0 saturated carbocycles. The van der Waals surface area contributed by atoms with Gasteiger partial charge in [-0.05, 0) is 42.5 Å². The fraction of sp³-hybridized carbons (Fsp3) is 0.0625. The molecule has 6 nitrogen and oxygen atoms in total. The molecule has 0 atom stereocenters. The molecule has 1 N–H and O–H groups in total. The van der Waals surface area contributed by atoms with Crippen LogP contribution in [0, 0.1) is 5.82 Å². The Morgan fingerprint density at radius 3 is 2.48 bits per heavy atom. The molecular formula is C16H11FN2O4. The number of barbiturate groups is 1. The molecule has 0 unspecified atom stereocenters. The summed E-state index contributed by atoms with van der Waals surface area (Å²) in [5, 5.41) is 2.05. The highest BCUT2D eigenvalue weighted by molar-refractivity contribution is 6.30. The number of nitrogens with one attached hydrogen (secondary N) is 1. The summed E-state index contributed by atoms with van der Waals surface area (Å²) in [5.41, 5.74) is 0.454. The van der Waals surface area contributed by atoms with Gasteiger partial charge in [-0.3, -0.25) is 19.8 Å². The maximum Gasteiger partial charge on any atom is 0.331 e. The van der Waals surface area contributed by atoms with Crippen LogP contribution in [0.1, 0.15) is 5.76 Å². The van der Waals surface area contributed by atoms with Crippen molar-refractivity contribution in [1.29, 1.82) is 0 Å². The Hall–Kier alpha value is -3.22. The third kappa shape index (κ3) is 2.76. The monoisotopic (exact) mass is 314 g/mol. The number of hydrogen-bond donors (Lipinski definition) is 1. The normalized spacial score (nSPS) is 16.9. The molecule has 1 aromatic carbocycles. The van der Waals surface area contributed by atoms with Crippen LogP contribution in [0.15, 0.2) is 46.4 Å². The highest BCUT2D eigenvalue weighted by atomic mass is 19.1. The van der Waals surface area contributed by atoms with Crippen LogP contribution in [0.2, 0.25) is 0 Å². The van der Waals surface area contributed by atoms with Crippen LogP contribution in [0.5, 0.6) is 0 Å². The van der Waals surface area contributed by atoms with E-state index in [9.17, 15) is 18.8 Å². The average Bonchev–Trinajstić information content (AvgIpc) is 2.99. The number of furan rings is 1. The van der Waals surface area contributed by atoms with Gasteiger partial charge in [-0.25, -0.2) is 9.18 Å². The van der Waals surface area contributed by atoms with Gasteiger partial charge in [0.15, 0.2) is 0 Å². The number of rotatable bonds is 2. The minimum absolute atomic E-state index is 0.202. The minimum atomic E-state index is -0.780. The highest BCUT2D eigenvalue weighted by Gasteiger charge is 2.33. The van der Waals surface area contributed by atoms with E-state index in [1.54, 1.807) is 24.3 Å². The molecule has 0 spiro atoms. The summed E-state index contributed by atoms with van der Waals surface area (Å²) in [5.74, 6) is -1.12. The maximum atomic E-state index is 12.9. The van der Waals surface area contributed by atoms with Crippen LogP contribution in [0.4, 0.5) is 9.18 Å². The van der Waals surface area contributed by atoms with Crippen LogP contribution in [-0.2, 0) is 9.59 Å². The number of likely N-dealkylation sites (N-methyl/N-ethyl adjacent to an activating group) is 1. The molecule has 7 heteroatoms. The molecule has 2 aromatic rings. The van der Waals surface area contributed by atoms with Gasteiger partial charge in [0, 0.05) is 12.6 Å². The van der Waals surface area contributed by atoms with Crippen LogP contribution in [0.25, 0.3) is 17.4 Å². The highest BCUT2D eigenvalue weighted by Crippen LogP contribution is 2.24. The summed E-state index contributed by atoms with van der Waals surface area (Å²) in [4.78, 5) is 35.8. The van der Waals surface area contributed by atoms with Gasteiger partial charge in [0.1, 0.15) is 22.9 Å². The Morgan fingerprint density at radius 2 is 1.78 bits per heavy atom. The van der Waals surface area contributed by atoms with Gasteiger partial charge in [-0.2, -0.15) is 0 Å². The fourth-order valence-corrected chi connectivity index (χ4v) is 2.09. The lowest BCUT2D eigenvalue weighted by Crippen LogP contribution is -2.52. The molecule has 2 heterocycles. The van der Waals surface area contributed by atoms with E-state index < -0.39 is 17.8 Å². The fourth-order valence-electron chi connectivity index (χ4n) is 2.09. The number of hydrogen-bond acceptors (Lipinski definition) is 4. The van der Waals surface area contributed by atoms with Gasteiger partial charge in [-0.1, -0.05) is 0 Å². The molecule has 1 saturated heterocycles. The van der Waals surface area contributed by atoms with E-state index >= 15 is 0 Å². The van der Waals surface area contributed by atoms with Gasteiger partial charge in [0.25, 0.3) is 11.8 Å². The maximum absolute atomic E-state index is 12.9. The van der Waals surface area contributed by atoms with Gasteiger partial charge in [0.05, 0.1) is 0 Å². The quantitative estimate of drug-likeness (QED) is 0.680. The predicted molar refractivity (Wildman–Crippen MR) is 78.4 cm³/mol. The van der Waals surface area contributed by atoms with Crippen molar-refractivity contribution in [2.24, 2.45) is 0 Å². The smallest absolute Gasteiger partial charge is 0.331 e. The van der Waals surface area contributed by atoms with E-state index in [1.165, 1.54) is 25.3 Å². The number of imide groups is 2. The minimum Gasteiger partial charge on any atom is -0.457 e. The van der Waals surface area contributed by atoms with Crippen molar-refractivity contribution in [2.75, 3.05) is 7.05 Å². The third-order valence-electron chi connectivity index (χ3n) is 3.35. The van der Waals surface area contributed by atoms with E-state index in [4.69, 9.17) is 4.42 Å². The van der Waals surface area contributed by atoms with Crippen molar-refractivity contribution in [3.63, 3.8) is 0 Å². The second-order valence-corrected chi connectivity index (χ2v) is 4.89. The van der Waals surface area contributed by atoms with E-state index in [0.29, 0.717) is 11.3 Å². The number of amides is 4. The van der Waals surface area contributed by atoms with Crippen molar-refractivity contribution < 1.29 is 23.2 Å². The molecule has 0 aliphatic carbocycles. The number of benzene rings is 1. The summed E-state index contributed by atoms with van der Waals surface area (Å²) in [7, 11) is 1.27. The molecule has 1 aliphatic rings. The number of halogens is 1. The van der Waals surface area contributed by atoms with Crippen LogP contribution >= 0.6 is 0 Å². The summed E-state index contributed by atoms with van der Waals surface area (Å²) in [6, 6.07) is 8.14. The molecule has 1 aromatic heterocycles. The number of carbonyl (C=O) groups excluding carboxylic acids is 3. The molecular weight excluding hydrogens is 303 g/mol. The molecule has 1 aliphatic heterocycles. The van der Waals surface area contributed by atoms with Gasteiger partial charge in [0.2, 0.25) is 0 Å². The van der Waals surface area contributed by atoms with Crippen LogP contribution < -0.4 is 5.32 Å². The molecule has 0 radical (unpaired) electrons. The first-order valence-electron chi connectivity index (χ1n) is 6.66. The van der Waals surface area contributed by atoms with Gasteiger partial charge >= 0.3 is 6.03 Å². The van der Waals surface area contributed by atoms with Crippen molar-refractivity contribution in [2.45, 2.75) is 0 Å². The average molecular weight is 314 g/mol. The largest absolute Gasteiger partial charge is 0.457 e. The van der Waals surface area contributed by atoms with Crippen LogP contribution in [-0.4, -0.2) is 29.8 Å². The zero-order valence-electron chi connectivity index (χ0n) is 12.0. The van der Waals surface area contributed by atoms with E-state index in [2.05, 4.69) is 5.32 Å². The zero-order valence-corrected chi connectivity index (χ0v) is 12.0. The second-order valence-electron chi connectivity index (χ2n) is 4.89.